The fourth-order valence-corrected chi connectivity index (χ4v) is 3.65. The molecule has 1 aromatic rings. The van der Waals surface area contributed by atoms with E-state index in [1.807, 2.05) is 0 Å². The first-order valence-corrected chi connectivity index (χ1v) is 7.21. The predicted molar refractivity (Wildman–Crippen MR) is 64.9 cm³/mol. The zero-order valence-corrected chi connectivity index (χ0v) is 11.0. The standard InChI is InChI=1S/C9H12N2O5S2/c1-5(2-7(10)12)11-18(15,16)8-3-6(4-17-8)9(13)14/h3-5,11H,2H2,1H3,(H2,10,12)(H,13,14). The van der Waals surface area contributed by atoms with Gasteiger partial charge in [-0.3, -0.25) is 4.79 Å². The quantitative estimate of drug-likeness (QED) is 0.679. The van der Waals surface area contributed by atoms with Crippen molar-refractivity contribution in [1.29, 1.82) is 0 Å². The molecule has 1 aromatic heterocycles. The Morgan fingerprint density at radius 2 is 2.17 bits per heavy atom. The summed E-state index contributed by atoms with van der Waals surface area (Å²) in [5.74, 6) is -1.82. The Hall–Kier alpha value is -1.45. The van der Waals surface area contributed by atoms with Gasteiger partial charge in [-0.05, 0) is 13.0 Å². The monoisotopic (exact) mass is 292 g/mol. The van der Waals surface area contributed by atoms with Crippen molar-refractivity contribution in [2.24, 2.45) is 5.73 Å². The van der Waals surface area contributed by atoms with Crippen molar-refractivity contribution < 1.29 is 23.1 Å². The summed E-state index contributed by atoms with van der Waals surface area (Å²) in [7, 11) is -3.82. The molecule has 0 fully saturated rings. The highest BCUT2D eigenvalue weighted by Gasteiger charge is 2.21. The second-order valence-electron chi connectivity index (χ2n) is 3.65. The van der Waals surface area contributed by atoms with E-state index in [4.69, 9.17) is 10.8 Å². The summed E-state index contributed by atoms with van der Waals surface area (Å²) >= 11 is 0.798. The van der Waals surface area contributed by atoms with Crippen LogP contribution in [-0.4, -0.2) is 31.4 Å². The molecule has 0 aliphatic carbocycles. The van der Waals surface area contributed by atoms with Gasteiger partial charge in [0.05, 0.1) is 5.56 Å². The van der Waals surface area contributed by atoms with Crippen LogP contribution in [0, 0.1) is 0 Å². The van der Waals surface area contributed by atoms with Crippen molar-refractivity contribution in [2.75, 3.05) is 0 Å². The summed E-state index contributed by atoms with van der Waals surface area (Å²) in [6.45, 7) is 1.49. The Morgan fingerprint density at radius 3 is 2.61 bits per heavy atom. The number of carbonyl (C=O) groups excluding carboxylic acids is 1. The van der Waals surface area contributed by atoms with Crippen LogP contribution in [0.3, 0.4) is 0 Å². The SMILES string of the molecule is CC(CC(N)=O)NS(=O)(=O)c1cc(C(=O)O)cs1. The first kappa shape index (κ1) is 14.6. The fraction of sp³-hybridized carbons (Fsp3) is 0.333. The molecule has 18 heavy (non-hydrogen) atoms. The lowest BCUT2D eigenvalue weighted by molar-refractivity contribution is -0.118. The van der Waals surface area contributed by atoms with Crippen molar-refractivity contribution in [1.82, 2.24) is 4.72 Å². The first-order chi connectivity index (χ1) is 8.22. The molecule has 0 bridgehead atoms. The Morgan fingerprint density at radius 1 is 1.56 bits per heavy atom. The number of primary amides is 1. The van der Waals surface area contributed by atoms with Gasteiger partial charge in [0.1, 0.15) is 4.21 Å². The number of aromatic carboxylic acids is 1. The van der Waals surface area contributed by atoms with Gasteiger partial charge in [-0.25, -0.2) is 17.9 Å². The van der Waals surface area contributed by atoms with E-state index in [0.717, 1.165) is 17.4 Å². The van der Waals surface area contributed by atoms with E-state index in [2.05, 4.69) is 4.72 Å². The molecule has 100 valence electrons. The van der Waals surface area contributed by atoms with Crippen LogP contribution in [0.2, 0.25) is 0 Å². The number of amides is 1. The number of carbonyl (C=O) groups is 2. The molecule has 7 nitrogen and oxygen atoms in total. The second-order valence-corrected chi connectivity index (χ2v) is 6.50. The molecule has 1 heterocycles. The van der Waals surface area contributed by atoms with Crippen LogP contribution < -0.4 is 10.5 Å². The lowest BCUT2D eigenvalue weighted by Gasteiger charge is -2.10. The van der Waals surface area contributed by atoms with Gasteiger partial charge < -0.3 is 10.8 Å². The number of hydrogen-bond acceptors (Lipinski definition) is 5. The van der Waals surface area contributed by atoms with Crippen LogP contribution in [0.5, 0.6) is 0 Å². The Balaban J connectivity index is 2.85. The van der Waals surface area contributed by atoms with Gasteiger partial charge in [-0.1, -0.05) is 0 Å². The zero-order chi connectivity index (χ0) is 13.9. The third-order valence-electron chi connectivity index (χ3n) is 1.95. The number of nitrogens with two attached hydrogens (primary N) is 1. The highest BCUT2D eigenvalue weighted by Crippen LogP contribution is 2.20. The molecule has 0 aliphatic rings. The molecule has 0 saturated heterocycles. The van der Waals surface area contributed by atoms with Crippen LogP contribution in [0.25, 0.3) is 0 Å². The van der Waals surface area contributed by atoms with Crippen LogP contribution in [0.15, 0.2) is 15.7 Å². The van der Waals surface area contributed by atoms with E-state index < -0.39 is 27.9 Å². The molecule has 1 rings (SSSR count). The van der Waals surface area contributed by atoms with Crippen molar-refractivity contribution in [2.45, 2.75) is 23.6 Å². The Kier molecular flexibility index (Phi) is 4.43. The summed E-state index contributed by atoms with van der Waals surface area (Å²) in [6.07, 6.45) is -0.129. The fourth-order valence-electron chi connectivity index (χ4n) is 1.24. The highest BCUT2D eigenvalue weighted by molar-refractivity contribution is 7.91. The summed E-state index contributed by atoms with van der Waals surface area (Å²) in [5, 5.41) is 9.93. The molecule has 0 spiro atoms. The predicted octanol–water partition coefficient (Wildman–Crippen LogP) is -0.0115. The Bertz CT molecular complexity index is 563. The maximum atomic E-state index is 11.8. The highest BCUT2D eigenvalue weighted by atomic mass is 32.2. The van der Waals surface area contributed by atoms with Gasteiger partial charge in [0.15, 0.2) is 0 Å². The average molecular weight is 292 g/mol. The summed E-state index contributed by atoms with van der Waals surface area (Å²) in [5.41, 5.74) is 4.85. The molecule has 4 N–H and O–H groups in total. The number of thiophene rings is 1. The minimum atomic E-state index is -3.82. The minimum Gasteiger partial charge on any atom is -0.478 e. The molecular weight excluding hydrogens is 280 g/mol. The van der Waals surface area contributed by atoms with E-state index >= 15 is 0 Å². The van der Waals surface area contributed by atoms with Crippen LogP contribution in [0.1, 0.15) is 23.7 Å². The smallest absolute Gasteiger partial charge is 0.336 e. The largest absolute Gasteiger partial charge is 0.478 e. The third-order valence-corrected chi connectivity index (χ3v) is 4.98. The molecule has 0 saturated carbocycles. The third kappa shape index (κ3) is 3.79. The van der Waals surface area contributed by atoms with Crippen molar-refractivity contribution in [3.05, 3.63) is 17.0 Å². The molecule has 1 atom stereocenters. The van der Waals surface area contributed by atoms with E-state index in [0.29, 0.717) is 0 Å². The van der Waals surface area contributed by atoms with Crippen LogP contribution >= 0.6 is 11.3 Å². The molecule has 0 aromatic carbocycles. The number of sulfonamides is 1. The Labute approximate surface area is 108 Å². The van der Waals surface area contributed by atoms with E-state index in [1.165, 1.54) is 12.3 Å². The van der Waals surface area contributed by atoms with Crippen molar-refractivity contribution >= 4 is 33.2 Å². The van der Waals surface area contributed by atoms with Crippen molar-refractivity contribution in [3.63, 3.8) is 0 Å². The summed E-state index contributed by atoms with van der Waals surface area (Å²) < 4.78 is 25.8. The number of rotatable bonds is 6. The number of hydrogen-bond donors (Lipinski definition) is 3. The molecule has 1 amide bonds. The lowest BCUT2D eigenvalue weighted by Crippen LogP contribution is -2.35. The minimum absolute atomic E-state index is 0.0945. The molecule has 9 heteroatoms. The maximum absolute atomic E-state index is 11.8. The second kappa shape index (κ2) is 5.46. The van der Waals surface area contributed by atoms with Gasteiger partial charge in [0, 0.05) is 17.8 Å². The van der Waals surface area contributed by atoms with Gasteiger partial charge in [0.2, 0.25) is 15.9 Å². The molecule has 0 radical (unpaired) electrons. The normalized spacial score (nSPS) is 13.2. The first-order valence-electron chi connectivity index (χ1n) is 4.85. The molecular formula is C9H12N2O5S2. The van der Waals surface area contributed by atoms with E-state index in [1.54, 1.807) is 0 Å². The lowest BCUT2D eigenvalue weighted by atomic mass is 10.2. The molecule has 1 unspecified atom stereocenters. The van der Waals surface area contributed by atoms with Gasteiger partial charge in [-0.15, -0.1) is 11.3 Å². The average Bonchev–Trinajstić information content (AvgIpc) is 2.63. The topological polar surface area (TPSA) is 127 Å². The van der Waals surface area contributed by atoms with Gasteiger partial charge in [0.25, 0.3) is 0 Å². The van der Waals surface area contributed by atoms with Gasteiger partial charge >= 0.3 is 5.97 Å². The molecule has 0 aliphatic heterocycles. The van der Waals surface area contributed by atoms with E-state index in [-0.39, 0.29) is 16.2 Å². The number of carboxylic acid groups (broad SMARTS) is 1. The maximum Gasteiger partial charge on any atom is 0.336 e. The number of carboxylic acids is 1. The van der Waals surface area contributed by atoms with Crippen LogP contribution in [0.4, 0.5) is 0 Å². The van der Waals surface area contributed by atoms with Gasteiger partial charge in [-0.2, -0.15) is 0 Å². The number of nitrogens with one attached hydrogen (secondary N) is 1. The summed E-state index contributed by atoms with van der Waals surface area (Å²) in [6, 6.07) is 0.412. The summed E-state index contributed by atoms with van der Waals surface area (Å²) in [4.78, 5) is 21.3. The zero-order valence-electron chi connectivity index (χ0n) is 9.41. The van der Waals surface area contributed by atoms with Crippen LogP contribution in [-0.2, 0) is 14.8 Å². The van der Waals surface area contributed by atoms with Crippen molar-refractivity contribution in [3.8, 4) is 0 Å². The van der Waals surface area contributed by atoms with E-state index in [9.17, 15) is 18.0 Å².